The van der Waals surface area contributed by atoms with Crippen LogP contribution in [0.15, 0.2) is 35.3 Å². The number of pyridine rings is 1. The molecule has 2 atom stereocenters. The van der Waals surface area contributed by atoms with Crippen LogP contribution in [0.1, 0.15) is 48.9 Å². The normalized spacial score (nSPS) is 27.8. The Bertz CT molecular complexity index is 1010. The van der Waals surface area contributed by atoms with E-state index in [1.165, 1.54) is 19.3 Å². The van der Waals surface area contributed by atoms with Gasteiger partial charge in [0.2, 0.25) is 5.43 Å². The number of hydrogen-bond donors (Lipinski definition) is 0. The van der Waals surface area contributed by atoms with Gasteiger partial charge in [-0.2, -0.15) is 0 Å². The lowest BCUT2D eigenvalue weighted by Crippen LogP contribution is -2.64. The molecule has 3 fully saturated rings. The van der Waals surface area contributed by atoms with Crippen LogP contribution < -0.4 is 5.43 Å². The highest BCUT2D eigenvalue weighted by Gasteiger charge is 2.48. The second-order valence-electron chi connectivity index (χ2n) is 9.14. The van der Waals surface area contributed by atoms with E-state index in [4.69, 9.17) is 4.74 Å². The van der Waals surface area contributed by atoms with Crippen molar-refractivity contribution in [1.29, 1.82) is 0 Å². The van der Waals surface area contributed by atoms with Crippen LogP contribution in [-0.2, 0) is 11.8 Å². The second kappa shape index (κ2) is 7.82. The van der Waals surface area contributed by atoms with Gasteiger partial charge in [0, 0.05) is 31.2 Å². The maximum atomic E-state index is 13.5. The smallest absolute Gasteiger partial charge is 0.259 e. The molecule has 1 aromatic carbocycles. The highest BCUT2D eigenvalue weighted by molar-refractivity contribution is 5.97. The van der Waals surface area contributed by atoms with Crippen molar-refractivity contribution in [2.75, 3.05) is 32.8 Å². The van der Waals surface area contributed by atoms with E-state index >= 15 is 0 Å². The third-order valence-corrected chi connectivity index (χ3v) is 7.34. The van der Waals surface area contributed by atoms with E-state index in [9.17, 15) is 9.59 Å². The van der Waals surface area contributed by atoms with E-state index in [0.29, 0.717) is 31.1 Å². The van der Waals surface area contributed by atoms with Crippen LogP contribution in [0.3, 0.4) is 0 Å². The molecule has 6 nitrogen and oxygen atoms in total. The Morgan fingerprint density at radius 1 is 1.10 bits per heavy atom. The molecule has 1 spiro atoms. The fraction of sp³-hybridized carbons (Fsp3) is 0.583. The van der Waals surface area contributed by atoms with Gasteiger partial charge >= 0.3 is 0 Å². The highest BCUT2D eigenvalue weighted by atomic mass is 16.5. The molecule has 0 unspecified atom stereocenters. The topological polar surface area (TPSA) is 54.8 Å². The predicted octanol–water partition coefficient (Wildman–Crippen LogP) is 2.79. The molecule has 5 rings (SSSR count). The number of benzene rings is 1. The fourth-order valence-electron chi connectivity index (χ4n) is 5.86. The Hall–Kier alpha value is -2.18. The summed E-state index contributed by atoms with van der Waals surface area (Å²) in [5.41, 5.74) is 0.646. The summed E-state index contributed by atoms with van der Waals surface area (Å²) < 4.78 is 8.34. The molecule has 0 radical (unpaired) electrons. The van der Waals surface area contributed by atoms with E-state index < -0.39 is 0 Å². The minimum absolute atomic E-state index is 0.158. The summed E-state index contributed by atoms with van der Waals surface area (Å²) in [5.74, 6) is -0.158. The number of rotatable bonds is 2. The largest absolute Gasteiger partial charge is 0.370 e. The molecule has 2 aromatic rings. The van der Waals surface area contributed by atoms with Gasteiger partial charge in [-0.1, -0.05) is 25.0 Å². The summed E-state index contributed by atoms with van der Waals surface area (Å²) in [7, 11) is 1.89. The summed E-state index contributed by atoms with van der Waals surface area (Å²) >= 11 is 0. The molecular weight excluding hydrogens is 378 g/mol. The lowest BCUT2D eigenvalue weighted by atomic mass is 9.78. The van der Waals surface area contributed by atoms with Crippen molar-refractivity contribution in [1.82, 2.24) is 14.4 Å². The number of likely N-dealkylation sites (tertiary alicyclic amines) is 1. The summed E-state index contributed by atoms with van der Waals surface area (Å²) in [5, 5.41) is 0.599. The Balaban J connectivity index is 1.46. The quantitative estimate of drug-likeness (QED) is 0.765. The molecule has 3 aliphatic rings. The number of fused-ring (bicyclic) bond motifs is 1. The van der Waals surface area contributed by atoms with Crippen LogP contribution in [0.25, 0.3) is 10.9 Å². The number of aryl methyl sites for hydroxylation is 1. The minimum Gasteiger partial charge on any atom is -0.370 e. The van der Waals surface area contributed by atoms with Gasteiger partial charge < -0.3 is 14.2 Å². The van der Waals surface area contributed by atoms with Gasteiger partial charge in [-0.05, 0) is 50.9 Å². The van der Waals surface area contributed by atoms with Gasteiger partial charge in [0.05, 0.1) is 18.7 Å². The van der Waals surface area contributed by atoms with Crippen molar-refractivity contribution < 1.29 is 9.53 Å². The van der Waals surface area contributed by atoms with Crippen LogP contribution in [-0.4, -0.2) is 64.7 Å². The first-order valence-corrected chi connectivity index (χ1v) is 11.3. The SMILES string of the molecule is Cn1cc(C(=O)N2CCO[C@]3(CCCC[C@H]3N3CCCC3)C2)c(=O)c2ccccc21. The zero-order chi connectivity index (χ0) is 20.7. The van der Waals surface area contributed by atoms with Crippen molar-refractivity contribution in [2.45, 2.75) is 50.2 Å². The fourth-order valence-corrected chi connectivity index (χ4v) is 5.86. The monoisotopic (exact) mass is 409 g/mol. The van der Waals surface area contributed by atoms with Crippen LogP contribution >= 0.6 is 0 Å². The van der Waals surface area contributed by atoms with Crippen LogP contribution in [0.2, 0.25) is 0 Å². The van der Waals surface area contributed by atoms with Gasteiger partial charge in [0.15, 0.2) is 0 Å². The molecule has 1 aliphatic carbocycles. The number of hydrogen-bond acceptors (Lipinski definition) is 4. The third kappa shape index (κ3) is 3.26. The first-order chi connectivity index (χ1) is 14.6. The zero-order valence-electron chi connectivity index (χ0n) is 17.8. The van der Waals surface area contributed by atoms with Crippen molar-refractivity contribution in [3.63, 3.8) is 0 Å². The predicted molar refractivity (Wildman–Crippen MR) is 117 cm³/mol. The number of aromatic nitrogens is 1. The lowest BCUT2D eigenvalue weighted by molar-refractivity contribution is -0.156. The number of amides is 1. The first kappa shape index (κ1) is 19.8. The highest BCUT2D eigenvalue weighted by Crippen LogP contribution is 2.39. The average molecular weight is 410 g/mol. The lowest BCUT2D eigenvalue weighted by Gasteiger charge is -2.52. The summed E-state index contributed by atoms with van der Waals surface area (Å²) in [6.07, 6.45) is 8.71. The van der Waals surface area contributed by atoms with Crippen LogP contribution in [0, 0.1) is 0 Å². The Labute approximate surface area is 177 Å². The third-order valence-electron chi connectivity index (χ3n) is 7.34. The second-order valence-corrected chi connectivity index (χ2v) is 9.14. The van der Waals surface area contributed by atoms with Gasteiger partial charge in [0.1, 0.15) is 11.2 Å². The van der Waals surface area contributed by atoms with Crippen molar-refractivity contribution >= 4 is 16.8 Å². The Kier molecular flexibility index (Phi) is 5.15. The van der Waals surface area contributed by atoms with Gasteiger partial charge in [-0.25, -0.2) is 0 Å². The maximum absolute atomic E-state index is 13.5. The molecule has 6 heteroatoms. The number of para-hydroxylation sites is 1. The number of nitrogens with zero attached hydrogens (tertiary/aromatic N) is 3. The molecule has 160 valence electrons. The number of carbonyl (C=O) groups excluding carboxylic acids is 1. The van der Waals surface area contributed by atoms with E-state index in [1.54, 1.807) is 12.3 Å². The molecule has 0 bridgehead atoms. The van der Waals surface area contributed by atoms with Crippen LogP contribution in [0.4, 0.5) is 0 Å². The molecule has 2 aliphatic heterocycles. The minimum atomic E-state index is -0.293. The molecule has 30 heavy (non-hydrogen) atoms. The van der Waals surface area contributed by atoms with Gasteiger partial charge in [-0.15, -0.1) is 0 Å². The number of morpholine rings is 1. The summed E-state index contributed by atoms with van der Waals surface area (Å²) in [6, 6.07) is 7.86. The standard InChI is InChI=1S/C24H31N3O3/c1-25-16-19(22(28)18-8-2-3-9-20(18)25)23(29)27-14-15-30-24(17-27)11-5-4-10-21(24)26-12-6-7-13-26/h2-3,8-9,16,21H,4-7,10-15,17H2,1H3/t21-,24-/m1/s1. The molecular formula is C24H31N3O3. The van der Waals surface area contributed by atoms with Gasteiger partial charge in [0.25, 0.3) is 5.91 Å². The maximum Gasteiger partial charge on any atom is 0.259 e. The van der Waals surface area contributed by atoms with E-state index in [2.05, 4.69) is 4.90 Å². The molecule has 1 saturated carbocycles. The molecule has 2 saturated heterocycles. The average Bonchev–Trinajstić information content (AvgIpc) is 3.31. The Morgan fingerprint density at radius 3 is 2.73 bits per heavy atom. The zero-order valence-corrected chi connectivity index (χ0v) is 17.8. The van der Waals surface area contributed by atoms with Crippen LogP contribution in [0.5, 0.6) is 0 Å². The summed E-state index contributed by atoms with van der Waals surface area (Å²) in [6.45, 7) is 3.94. The van der Waals surface area contributed by atoms with Crippen molar-refractivity contribution in [2.24, 2.45) is 7.05 Å². The molecule has 0 N–H and O–H groups in total. The van der Waals surface area contributed by atoms with E-state index in [-0.39, 0.29) is 22.5 Å². The van der Waals surface area contributed by atoms with Crippen molar-refractivity contribution in [3.8, 4) is 0 Å². The summed E-state index contributed by atoms with van der Waals surface area (Å²) in [4.78, 5) is 31.1. The Morgan fingerprint density at radius 2 is 1.90 bits per heavy atom. The number of ether oxygens (including phenoxy) is 1. The molecule has 3 heterocycles. The van der Waals surface area contributed by atoms with Gasteiger partial charge in [-0.3, -0.25) is 14.5 Å². The first-order valence-electron chi connectivity index (χ1n) is 11.3. The number of carbonyl (C=O) groups is 1. The molecule has 1 amide bonds. The van der Waals surface area contributed by atoms with E-state index in [1.807, 2.05) is 34.7 Å². The van der Waals surface area contributed by atoms with Crippen molar-refractivity contribution in [3.05, 3.63) is 46.2 Å². The van der Waals surface area contributed by atoms with E-state index in [0.717, 1.165) is 37.9 Å². The molecule has 1 aromatic heterocycles.